The average molecular weight is 451 g/mol. The third-order valence-corrected chi connectivity index (χ3v) is 4.59. The zero-order valence-electron chi connectivity index (χ0n) is 16.8. The molecule has 2 aromatic carbocycles. The number of alkyl halides is 3. The minimum atomic E-state index is -4.48. The Morgan fingerprint density at radius 1 is 1.22 bits per heavy atom. The van der Waals surface area contributed by atoms with Crippen molar-refractivity contribution in [3.8, 4) is 0 Å². The van der Waals surface area contributed by atoms with E-state index in [2.05, 4.69) is 15.8 Å². The van der Waals surface area contributed by atoms with Crippen LogP contribution in [0.1, 0.15) is 11.1 Å². The topological polar surface area (TPSA) is 109 Å². The van der Waals surface area contributed by atoms with Crippen molar-refractivity contribution in [1.29, 1.82) is 0 Å². The maximum atomic E-state index is 12.7. The molecule has 9 nitrogen and oxygen atoms in total. The van der Waals surface area contributed by atoms with Crippen LogP contribution in [0.4, 0.5) is 30.2 Å². The van der Waals surface area contributed by atoms with E-state index in [1.54, 1.807) is 12.1 Å². The van der Waals surface area contributed by atoms with Gasteiger partial charge in [-0.25, -0.2) is 5.43 Å². The lowest BCUT2D eigenvalue weighted by Crippen LogP contribution is -2.36. The van der Waals surface area contributed by atoms with Gasteiger partial charge < -0.3 is 15.0 Å². The lowest BCUT2D eigenvalue weighted by molar-refractivity contribution is -0.384. The number of morpholine rings is 1. The van der Waals surface area contributed by atoms with Crippen LogP contribution in [-0.4, -0.2) is 49.9 Å². The highest BCUT2D eigenvalue weighted by molar-refractivity contribution is 5.86. The van der Waals surface area contributed by atoms with Crippen molar-refractivity contribution in [1.82, 2.24) is 5.43 Å². The molecule has 1 heterocycles. The summed E-state index contributed by atoms with van der Waals surface area (Å²) < 4.78 is 43.4. The number of nitrogens with one attached hydrogen (secondary N) is 2. The van der Waals surface area contributed by atoms with Gasteiger partial charge in [-0.2, -0.15) is 18.3 Å². The molecule has 2 aromatic rings. The summed E-state index contributed by atoms with van der Waals surface area (Å²) in [6, 6.07) is 9.05. The Labute approximate surface area is 181 Å². The number of ether oxygens (including phenoxy) is 1. The second kappa shape index (κ2) is 10.1. The molecule has 0 spiro atoms. The molecule has 3 rings (SSSR count). The molecule has 0 aromatic heterocycles. The Morgan fingerprint density at radius 3 is 2.66 bits per heavy atom. The van der Waals surface area contributed by atoms with Gasteiger partial charge in [-0.3, -0.25) is 14.9 Å². The van der Waals surface area contributed by atoms with Crippen molar-refractivity contribution in [3.63, 3.8) is 0 Å². The molecule has 1 amide bonds. The number of amides is 1. The highest BCUT2D eigenvalue weighted by Crippen LogP contribution is 2.31. The quantitative estimate of drug-likeness (QED) is 0.381. The van der Waals surface area contributed by atoms with Gasteiger partial charge >= 0.3 is 6.18 Å². The summed E-state index contributed by atoms with van der Waals surface area (Å²) in [7, 11) is 0. The molecule has 170 valence electrons. The summed E-state index contributed by atoms with van der Waals surface area (Å²) in [4.78, 5) is 24.7. The number of nitro benzene ring substituents is 1. The minimum absolute atomic E-state index is 0.0895. The average Bonchev–Trinajstić information content (AvgIpc) is 2.78. The molecule has 0 radical (unpaired) electrons. The van der Waals surface area contributed by atoms with Crippen LogP contribution in [-0.2, 0) is 15.7 Å². The molecule has 0 saturated carbocycles. The number of carbonyl (C=O) groups is 1. The summed E-state index contributed by atoms with van der Waals surface area (Å²) in [5.41, 5.74) is 2.31. The first-order valence-corrected chi connectivity index (χ1v) is 9.58. The van der Waals surface area contributed by atoms with E-state index < -0.39 is 22.6 Å². The summed E-state index contributed by atoms with van der Waals surface area (Å²) in [6.07, 6.45) is -3.23. The van der Waals surface area contributed by atoms with Crippen LogP contribution < -0.4 is 15.6 Å². The van der Waals surface area contributed by atoms with Crippen LogP contribution in [0.5, 0.6) is 0 Å². The molecule has 0 atom stereocenters. The molecule has 0 aliphatic carbocycles. The number of halogens is 3. The number of hydrogen-bond donors (Lipinski definition) is 2. The predicted octanol–water partition coefficient (Wildman–Crippen LogP) is 3.01. The number of rotatable bonds is 7. The molecule has 1 aliphatic heterocycles. The number of anilines is 2. The Hall–Kier alpha value is -3.67. The third kappa shape index (κ3) is 6.17. The van der Waals surface area contributed by atoms with E-state index in [1.807, 2.05) is 4.90 Å². The first-order chi connectivity index (χ1) is 15.2. The number of hydrazone groups is 1. The van der Waals surface area contributed by atoms with E-state index >= 15 is 0 Å². The van der Waals surface area contributed by atoms with Crippen molar-refractivity contribution in [2.45, 2.75) is 6.18 Å². The molecular weight excluding hydrogens is 431 g/mol. The fourth-order valence-corrected chi connectivity index (χ4v) is 3.04. The van der Waals surface area contributed by atoms with Gasteiger partial charge in [0.05, 0.1) is 36.5 Å². The van der Waals surface area contributed by atoms with Crippen molar-refractivity contribution in [2.24, 2.45) is 5.10 Å². The maximum absolute atomic E-state index is 12.7. The number of benzene rings is 2. The van der Waals surface area contributed by atoms with E-state index in [4.69, 9.17) is 4.74 Å². The molecular formula is C20H20F3N5O4. The largest absolute Gasteiger partial charge is 0.416 e. The highest BCUT2D eigenvalue weighted by atomic mass is 19.4. The van der Waals surface area contributed by atoms with Crippen molar-refractivity contribution >= 4 is 29.2 Å². The number of carbonyl (C=O) groups excluding carboxylic acids is 1. The van der Waals surface area contributed by atoms with Crippen LogP contribution in [0.15, 0.2) is 47.6 Å². The fourth-order valence-electron chi connectivity index (χ4n) is 3.04. The van der Waals surface area contributed by atoms with E-state index in [1.165, 1.54) is 24.4 Å². The molecule has 0 bridgehead atoms. The van der Waals surface area contributed by atoms with Gasteiger partial charge in [0, 0.05) is 30.4 Å². The van der Waals surface area contributed by atoms with Crippen molar-refractivity contribution in [3.05, 3.63) is 63.7 Å². The van der Waals surface area contributed by atoms with Crippen LogP contribution in [0.2, 0.25) is 0 Å². The lowest BCUT2D eigenvalue weighted by atomic mass is 10.1. The smallest absolute Gasteiger partial charge is 0.378 e. The Balaban J connectivity index is 1.57. The van der Waals surface area contributed by atoms with Crippen molar-refractivity contribution in [2.75, 3.05) is 43.1 Å². The van der Waals surface area contributed by atoms with Gasteiger partial charge in [0.15, 0.2) is 0 Å². The van der Waals surface area contributed by atoms with E-state index in [-0.39, 0.29) is 17.9 Å². The van der Waals surface area contributed by atoms with E-state index in [0.717, 1.165) is 12.1 Å². The number of hydrogen-bond acceptors (Lipinski definition) is 7. The second-order valence-corrected chi connectivity index (χ2v) is 6.83. The minimum Gasteiger partial charge on any atom is -0.378 e. The zero-order chi connectivity index (χ0) is 23.1. The van der Waals surface area contributed by atoms with Gasteiger partial charge in [0.25, 0.3) is 11.6 Å². The third-order valence-electron chi connectivity index (χ3n) is 4.59. The molecule has 1 fully saturated rings. The van der Waals surface area contributed by atoms with Crippen LogP contribution in [0.25, 0.3) is 0 Å². The van der Waals surface area contributed by atoms with Gasteiger partial charge in [-0.05, 0) is 24.3 Å². The van der Waals surface area contributed by atoms with Crippen LogP contribution in [0, 0.1) is 10.1 Å². The Kier molecular flexibility index (Phi) is 7.25. The fraction of sp³-hybridized carbons (Fsp3) is 0.300. The van der Waals surface area contributed by atoms with E-state index in [9.17, 15) is 28.1 Å². The lowest BCUT2D eigenvalue weighted by Gasteiger charge is -2.28. The summed E-state index contributed by atoms with van der Waals surface area (Å²) in [5, 5.41) is 17.8. The Morgan fingerprint density at radius 2 is 1.97 bits per heavy atom. The normalized spacial score (nSPS) is 14.4. The molecule has 1 aliphatic rings. The molecule has 32 heavy (non-hydrogen) atoms. The Bertz CT molecular complexity index is 1010. The van der Waals surface area contributed by atoms with Gasteiger partial charge in [0.2, 0.25) is 0 Å². The maximum Gasteiger partial charge on any atom is 0.416 e. The van der Waals surface area contributed by atoms with Gasteiger partial charge in [-0.15, -0.1) is 0 Å². The predicted molar refractivity (Wildman–Crippen MR) is 112 cm³/mol. The summed E-state index contributed by atoms with van der Waals surface area (Å²) in [5.74, 6) is -0.599. The molecule has 2 N–H and O–H groups in total. The number of nitro groups is 1. The van der Waals surface area contributed by atoms with Gasteiger partial charge in [0.1, 0.15) is 5.69 Å². The summed E-state index contributed by atoms with van der Waals surface area (Å²) >= 11 is 0. The first kappa shape index (κ1) is 23.0. The first-order valence-electron chi connectivity index (χ1n) is 9.58. The highest BCUT2D eigenvalue weighted by Gasteiger charge is 2.30. The summed E-state index contributed by atoms with van der Waals surface area (Å²) in [6.45, 7) is 1.75. The van der Waals surface area contributed by atoms with Crippen LogP contribution >= 0.6 is 0 Å². The molecule has 12 heteroatoms. The standard InChI is InChI=1S/C20H20F3N5O4/c21-20(22,23)15-2-1-3-16(11-15)24-13-19(29)26-25-12-14-4-5-17(18(10-14)28(30)31)27-6-8-32-9-7-27/h1-5,10-12,24H,6-9,13H2,(H,26,29)/b25-12-. The number of nitrogens with zero attached hydrogens (tertiary/aromatic N) is 3. The van der Waals surface area contributed by atoms with Gasteiger partial charge in [-0.1, -0.05) is 12.1 Å². The molecule has 1 saturated heterocycles. The SMILES string of the molecule is O=C(CNc1cccc(C(F)(F)F)c1)N/N=C\c1ccc(N2CCOCC2)c([N+](=O)[O-])c1. The monoisotopic (exact) mass is 451 g/mol. The van der Waals surface area contributed by atoms with Crippen molar-refractivity contribution < 1.29 is 27.6 Å². The van der Waals surface area contributed by atoms with Crippen LogP contribution in [0.3, 0.4) is 0 Å². The molecule has 0 unspecified atom stereocenters. The van der Waals surface area contributed by atoms with E-state index in [0.29, 0.717) is 37.6 Å². The second-order valence-electron chi connectivity index (χ2n) is 6.83. The zero-order valence-corrected chi connectivity index (χ0v) is 16.8.